The molecule has 1 aromatic rings. The molecule has 2 heteroatoms. The third kappa shape index (κ3) is 5.23. The number of benzene rings is 1. The van der Waals surface area contributed by atoms with Crippen LogP contribution >= 0.6 is 0 Å². The summed E-state index contributed by atoms with van der Waals surface area (Å²) in [5.41, 5.74) is 1.32. The molecule has 1 N–H and O–H groups in total. The number of methoxy groups -OCH3 is 1. The third-order valence-electron chi connectivity index (χ3n) is 3.98. The molecule has 0 radical (unpaired) electrons. The van der Waals surface area contributed by atoms with Gasteiger partial charge in [-0.1, -0.05) is 39.3 Å². The zero-order valence-electron chi connectivity index (χ0n) is 13.1. The second-order valence-corrected chi connectivity index (χ2v) is 5.52. The van der Waals surface area contributed by atoms with Crippen molar-refractivity contribution in [3.63, 3.8) is 0 Å². The van der Waals surface area contributed by atoms with E-state index in [4.69, 9.17) is 4.74 Å². The molecule has 0 bridgehead atoms. The van der Waals surface area contributed by atoms with Gasteiger partial charge < -0.3 is 10.1 Å². The van der Waals surface area contributed by atoms with E-state index in [1.807, 2.05) is 12.1 Å². The first kappa shape index (κ1) is 16.0. The van der Waals surface area contributed by atoms with Gasteiger partial charge in [0.05, 0.1) is 7.11 Å². The van der Waals surface area contributed by atoms with Gasteiger partial charge >= 0.3 is 0 Å². The van der Waals surface area contributed by atoms with Crippen molar-refractivity contribution >= 4 is 0 Å². The molecule has 0 saturated carbocycles. The fourth-order valence-corrected chi connectivity index (χ4v) is 2.35. The number of rotatable bonds is 8. The average Bonchev–Trinajstić information content (AvgIpc) is 2.46. The Labute approximate surface area is 118 Å². The van der Waals surface area contributed by atoms with Crippen LogP contribution in [-0.4, -0.2) is 13.2 Å². The fourth-order valence-electron chi connectivity index (χ4n) is 2.35. The van der Waals surface area contributed by atoms with E-state index in [1.165, 1.54) is 24.8 Å². The zero-order chi connectivity index (χ0) is 14.3. The first-order chi connectivity index (χ1) is 9.10. The van der Waals surface area contributed by atoms with Crippen LogP contribution < -0.4 is 10.1 Å². The maximum Gasteiger partial charge on any atom is 0.118 e. The maximum atomic E-state index is 5.20. The highest BCUT2D eigenvalue weighted by molar-refractivity contribution is 5.28. The highest BCUT2D eigenvalue weighted by atomic mass is 16.5. The van der Waals surface area contributed by atoms with Crippen molar-refractivity contribution in [2.24, 2.45) is 5.92 Å². The van der Waals surface area contributed by atoms with Gasteiger partial charge in [-0.25, -0.2) is 0 Å². The molecule has 0 fully saturated rings. The first-order valence-electron chi connectivity index (χ1n) is 7.50. The van der Waals surface area contributed by atoms with Crippen molar-refractivity contribution in [2.45, 2.75) is 59.0 Å². The second-order valence-electron chi connectivity index (χ2n) is 5.52. The Hall–Kier alpha value is -1.02. The van der Waals surface area contributed by atoms with E-state index >= 15 is 0 Å². The summed E-state index contributed by atoms with van der Waals surface area (Å²) in [5.74, 6) is 1.71. The molecule has 19 heavy (non-hydrogen) atoms. The minimum absolute atomic E-state index is 0.389. The number of hydrogen-bond donors (Lipinski definition) is 1. The molecule has 1 rings (SSSR count). The molecule has 0 saturated heterocycles. The molecule has 0 aliphatic rings. The van der Waals surface area contributed by atoms with Gasteiger partial charge in [-0.05, 0) is 43.4 Å². The fraction of sp³-hybridized carbons (Fsp3) is 0.647. The van der Waals surface area contributed by atoms with Crippen LogP contribution in [0.3, 0.4) is 0 Å². The Kier molecular flexibility index (Phi) is 6.93. The summed E-state index contributed by atoms with van der Waals surface area (Å²) in [6.45, 7) is 9.11. The van der Waals surface area contributed by atoms with Crippen molar-refractivity contribution in [1.29, 1.82) is 0 Å². The van der Waals surface area contributed by atoms with E-state index < -0.39 is 0 Å². The summed E-state index contributed by atoms with van der Waals surface area (Å²) in [4.78, 5) is 0. The van der Waals surface area contributed by atoms with E-state index in [0.29, 0.717) is 12.1 Å². The van der Waals surface area contributed by atoms with Crippen LogP contribution in [0.1, 0.15) is 58.6 Å². The lowest BCUT2D eigenvalue weighted by Crippen LogP contribution is -2.32. The van der Waals surface area contributed by atoms with E-state index in [-0.39, 0.29) is 0 Å². The minimum atomic E-state index is 0.389. The van der Waals surface area contributed by atoms with Gasteiger partial charge in [-0.3, -0.25) is 0 Å². The molecular formula is C17H29NO. The number of hydrogen-bond acceptors (Lipinski definition) is 2. The normalized spacial score (nSPS) is 15.8. The molecule has 0 heterocycles. The van der Waals surface area contributed by atoms with Gasteiger partial charge in [0.1, 0.15) is 5.75 Å². The highest BCUT2D eigenvalue weighted by Gasteiger charge is 2.14. The Bertz CT molecular complexity index is 347. The molecule has 108 valence electrons. The lowest BCUT2D eigenvalue weighted by molar-refractivity contribution is 0.358. The average molecular weight is 263 g/mol. The molecule has 0 aliphatic heterocycles. The molecule has 0 aliphatic carbocycles. The Morgan fingerprint density at radius 3 is 2.16 bits per heavy atom. The van der Waals surface area contributed by atoms with E-state index in [0.717, 1.165) is 11.7 Å². The monoisotopic (exact) mass is 263 g/mol. The predicted octanol–water partition coefficient (Wildman–Crippen LogP) is 4.56. The summed E-state index contributed by atoms with van der Waals surface area (Å²) >= 11 is 0. The zero-order valence-corrected chi connectivity index (χ0v) is 13.1. The van der Waals surface area contributed by atoms with Crippen LogP contribution in [0.5, 0.6) is 5.75 Å². The van der Waals surface area contributed by atoms with E-state index in [1.54, 1.807) is 7.11 Å². The SMILES string of the molecule is CCC(C)CC(CC)N[C@@H](C)c1ccc(OC)cc1. The van der Waals surface area contributed by atoms with Crippen molar-refractivity contribution in [1.82, 2.24) is 5.32 Å². The van der Waals surface area contributed by atoms with E-state index in [9.17, 15) is 0 Å². The topological polar surface area (TPSA) is 21.3 Å². The molecule has 0 aromatic heterocycles. The van der Waals surface area contributed by atoms with Gasteiger partial charge in [0.2, 0.25) is 0 Å². The van der Waals surface area contributed by atoms with Crippen molar-refractivity contribution in [2.75, 3.05) is 7.11 Å². The highest BCUT2D eigenvalue weighted by Crippen LogP contribution is 2.20. The van der Waals surface area contributed by atoms with Crippen LogP contribution in [0.2, 0.25) is 0 Å². The standard InChI is InChI=1S/C17H29NO/c1-6-13(3)12-16(7-2)18-14(4)15-8-10-17(19-5)11-9-15/h8-11,13-14,16,18H,6-7,12H2,1-5H3/t13?,14-,16?/m0/s1. The molecule has 0 amide bonds. The second kappa shape index (κ2) is 8.21. The number of nitrogens with one attached hydrogen (secondary N) is 1. The van der Waals surface area contributed by atoms with Gasteiger partial charge in [0, 0.05) is 12.1 Å². The largest absolute Gasteiger partial charge is 0.497 e. The van der Waals surface area contributed by atoms with Crippen LogP contribution in [0.15, 0.2) is 24.3 Å². The van der Waals surface area contributed by atoms with Crippen LogP contribution in [-0.2, 0) is 0 Å². The lowest BCUT2D eigenvalue weighted by Gasteiger charge is -2.25. The maximum absolute atomic E-state index is 5.20. The molecular weight excluding hydrogens is 234 g/mol. The van der Waals surface area contributed by atoms with E-state index in [2.05, 4.69) is 45.1 Å². The van der Waals surface area contributed by atoms with Crippen LogP contribution in [0.4, 0.5) is 0 Å². The summed E-state index contributed by atoms with van der Waals surface area (Å²) in [6.07, 6.45) is 3.70. The van der Waals surface area contributed by atoms with Crippen molar-refractivity contribution in [3.05, 3.63) is 29.8 Å². The predicted molar refractivity (Wildman–Crippen MR) is 82.7 cm³/mol. The van der Waals surface area contributed by atoms with Gasteiger partial charge in [0.25, 0.3) is 0 Å². The Morgan fingerprint density at radius 1 is 1.05 bits per heavy atom. The Morgan fingerprint density at radius 2 is 1.68 bits per heavy atom. The summed E-state index contributed by atoms with van der Waals surface area (Å²) in [6, 6.07) is 9.34. The van der Waals surface area contributed by atoms with Gasteiger partial charge in [-0.15, -0.1) is 0 Å². The van der Waals surface area contributed by atoms with Gasteiger partial charge in [-0.2, -0.15) is 0 Å². The summed E-state index contributed by atoms with van der Waals surface area (Å²) in [5, 5.41) is 3.74. The molecule has 2 unspecified atom stereocenters. The lowest BCUT2D eigenvalue weighted by atomic mass is 9.96. The minimum Gasteiger partial charge on any atom is -0.497 e. The van der Waals surface area contributed by atoms with Crippen molar-refractivity contribution < 1.29 is 4.74 Å². The summed E-state index contributed by atoms with van der Waals surface area (Å²) < 4.78 is 5.20. The van der Waals surface area contributed by atoms with Gasteiger partial charge in [0.15, 0.2) is 0 Å². The quantitative estimate of drug-likeness (QED) is 0.742. The van der Waals surface area contributed by atoms with Crippen molar-refractivity contribution in [3.8, 4) is 5.75 Å². The summed E-state index contributed by atoms with van der Waals surface area (Å²) in [7, 11) is 1.70. The smallest absolute Gasteiger partial charge is 0.118 e. The Balaban J connectivity index is 2.57. The number of ether oxygens (including phenoxy) is 1. The molecule has 3 atom stereocenters. The van der Waals surface area contributed by atoms with Crippen LogP contribution in [0, 0.1) is 5.92 Å². The molecule has 1 aromatic carbocycles. The third-order valence-corrected chi connectivity index (χ3v) is 3.98. The first-order valence-corrected chi connectivity index (χ1v) is 7.50. The molecule has 2 nitrogen and oxygen atoms in total. The molecule has 0 spiro atoms. The van der Waals surface area contributed by atoms with Crippen LogP contribution in [0.25, 0.3) is 0 Å².